The lowest BCUT2D eigenvalue weighted by Gasteiger charge is -2.31. The van der Waals surface area contributed by atoms with Crippen LogP contribution in [0, 0.1) is 11.7 Å². The standard InChI is InChI=1S/C23H20FN3O3S2/c24-17-8-10-18(11-9-17)32(29,30)27-13-3-5-16(14-27)22(28)26-23-25-20-12-7-15-4-1-2-6-19(15)21(20)31-23/h1-2,4,6-12,16H,3,5,13-14H2,(H,25,26,28). The van der Waals surface area contributed by atoms with Crippen LogP contribution in [0.25, 0.3) is 21.0 Å². The number of halogens is 1. The lowest BCUT2D eigenvalue weighted by Crippen LogP contribution is -2.43. The fourth-order valence-electron chi connectivity index (χ4n) is 4.05. The Bertz CT molecular complexity index is 1420. The fraction of sp³-hybridized carbons (Fsp3) is 0.217. The van der Waals surface area contributed by atoms with E-state index in [1.54, 1.807) is 0 Å². The molecule has 1 unspecified atom stereocenters. The van der Waals surface area contributed by atoms with Crippen LogP contribution in [-0.2, 0) is 14.8 Å². The summed E-state index contributed by atoms with van der Waals surface area (Å²) in [5.74, 6) is -1.22. The third-order valence-electron chi connectivity index (χ3n) is 5.72. The summed E-state index contributed by atoms with van der Waals surface area (Å²) < 4.78 is 41.4. The molecule has 1 aliphatic rings. The molecule has 5 rings (SSSR count). The van der Waals surface area contributed by atoms with Crippen molar-refractivity contribution >= 4 is 53.4 Å². The highest BCUT2D eigenvalue weighted by Gasteiger charge is 2.33. The van der Waals surface area contributed by atoms with Crippen molar-refractivity contribution in [2.45, 2.75) is 17.7 Å². The van der Waals surface area contributed by atoms with E-state index in [0.717, 1.165) is 33.1 Å². The van der Waals surface area contributed by atoms with Crippen molar-refractivity contribution < 1.29 is 17.6 Å². The normalized spacial score (nSPS) is 17.6. The summed E-state index contributed by atoms with van der Waals surface area (Å²) in [5, 5.41) is 5.57. The number of carbonyl (C=O) groups is 1. The SMILES string of the molecule is O=C(Nc1nc2ccc3ccccc3c2s1)C1CCCN(S(=O)(=O)c2ccc(F)cc2)C1. The molecule has 1 amide bonds. The molecule has 164 valence electrons. The minimum atomic E-state index is -3.79. The predicted octanol–water partition coefficient (Wildman–Crippen LogP) is 4.63. The molecule has 3 aromatic carbocycles. The van der Waals surface area contributed by atoms with Crippen LogP contribution < -0.4 is 5.32 Å². The second kappa shape index (κ2) is 8.23. The molecule has 0 saturated carbocycles. The molecule has 1 saturated heterocycles. The van der Waals surface area contributed by atoms with E-state index in [1.165, 1.54) is 27.8 Å². The average Bonchev–Trinajstić information content (AvgIpc) is 3.22. The van der Waals surface area contributed by atoms with Gasteiger partial charge in [-0.2, -0.15) is 4.31 Å². The van der Waals surface area contributed by atoms with Gasteiger partial charge in [-0.25, -0.2) is 17.8 Å². The number of hydrogen-bond donors (Lipinski definition) is 1. The molecule has 0 aliphatic carbocycles. The Kier molecular flexibility index (Phi) is 5.40. The van der Waals surface area contributed by atoms with Gasteiger partial charge < -0.3 is 5.32 Å². The van der Waals surface area contributed by atoms with E-state index in [-0.39, 0.29) is 17.3 Å². The van der Waals surface area contributed by atoms with E-state index < -0.39 is 21.8 Å². The Morgan fingerprint density at radius 2 is 1.88 bits per heavy atom. The van der Waals surface area contributed by atoms with Gasteiger partial charge in [0.05, 0.1) is 21.0 Å². The Morgan fingerprint density at radius 1 is 1.09 bits per heavy atom. The van der Waals surface area contributed by atoms with Crippen molar-refractivity contribution in [3.63, 3.8) is 0 Å². The number of nitrogens with one attached hydrogen (secondary N) is 1. The second-order valence-corrected chi connectivity index (χ2v) is 10.7. The first-order valence-corrected chi connectivity index (χ1v) is 12.5. The number of fused-ring (bicyclic) bond motifs is 3. The molecule has 1 N–H and O–H groups in total. The zero-order chi connectivity index (χ0) is 22.3. The number of benzene rings is 3. The van der Waals surface area contributed by atoms with Crippen LogP contribution in [-0.4, -0.2) is 36.7 Å². The second-order valence-electron chi connectivity index (χ2n) is 7.80. The molecule has 1 aliphatic heterocycles. The number of piperidine rings is 1. The van der Waals surface area contributed by atoms with Crippen LogP contribution in [0.5, 0.6) is 0 Å². The minimum Gasteiger partial charge on any atom is -0.302 e. The molecule has 32 heavy (non-hydrogen) atoms. The molecule has 1 atom stereocenters. The summed E-state index contributed by atoms with van der Waals surface area (Å²) in [6, 6.07) is 16.7. The van der Waals surface area contributed by atoms with Gasteiger partial charge in [0.1, 0.15) is 5.82 Å². The van der Waals surface area contributed by atoms with Crippen LogP contribution in [0.2, 0.25) is 0 Å². The van der Waals surface area contributed by atoms with Gasteiger partial charge in [0.15, 0.2) is 5.13 Å². The maximum atomic E-state index is 13.2. The third-order valence-corrected chi connectivity index (χ3v) is 8.62. The van der Waals surface area contributed by atoms with Gasteiger partial charge in [0, 0.05) is 18.5 Å². The quantitative estimate of drug-likeness (QED) is 0.473. The lowest BCUT2D eigenvalue weighted by atomic mass is 9.99. The van der Waals surface area contributed by atoms with Gasteiger partial charge in [0.25, 0.3) is 0 Å². The Balaban J connectivity index is 1.34. The van der Waals surface area contributed by atoms with Crippen LogP contribution in [0.15, 0.2) is 65.6 Å². The maximum Gasteiger partial charge on any atom is 0.243 e. The fourth-order valence-corrected chi connectivity index (χ4v) is 6.57. The molecule has 9 heteroatoms. The number of aromatic nitrogens is 1. The van der Waals surface area contributed by atoms with E-state index in [2.05, 4.69) is 10.3 Å². The Labute approximate surface area is 188 Å². The number of amides is 1. The molecular weight excluding hydrogens is 449 g/mol. The zero-order valence-electron chi connectivity index (χ0n) is 17.0. The highest BCUT2D eigenvalue weighted by Crippen LogP contribution is 2.33. The van der Waals surface area contributed by atoms with Crippen LogP contribution in [0.3, 0.4) is 0 Å². The average molecular weight is 470 g/mol. The predicted molar refractivity (Wildman–Crippen MR) is 124 cm³/mol. The number of hydrogen-bond acceptors (Lipinski definition) is 5. The monoisotopic (exact) mass is 469 g/mol. The van der Waals surface area contributed by atoms with Crippen molar-refractivity contribution in [1.82, 2.24) is 9.29 Å². The summed E-state index contributed by atoms with van der Waals surface area (Å²) in [6.45, 7) is 0.413. The van der Waals surface area contributed by atoms with Crippen molar-refractivity contribution in [2.75, 3.05) is 18.4 Å². The highest BCUT2D eigenvalue weighted by molar-refractivity contribution is 7.89. The lowest BCUT2D eigenvalue weighted by molar-refractivity contribution is -0.120. The van der Waals surface area contributed by atoms with Gasteiger partial charge in [-0.05, 0) is 48.6 Å². The number of sulfonamides is 1. The molecule has 1 aromatic heterocycles. The molecule has 2 heterocycles. The summed E-state index contributed by atoms with van der Waals surface area (Å²) in [7, 11) is -3.79. The van der Waals surface area contributed by atoms with Crippen LogP contribution >= 0.6 is 11.3 Å². The molecule has 6 nitrogen and oxygen atoms in total. The van der Waals surface area contributed by atoms with Crippen LogP contribution in [0.1, 0.15) is 12.8 Å². The first-order valence-electron chi connectivity index (χ1n) is 10.3. The largest absolute Gasteiger partial charge is 0.302 e. The van der Waals surface area contributed by atoms with Gasteiger partial charge >= 0.3 is 0 Å². The van der Waals surface area contributed by atoms with Crippen molar-refractivity contribution in [3.05, 3.63) is 66.5 Å². The van der Waals surface area contributed by atoms with Gasteiger partial charge in [-0.3, -0.25) is 4.79 Å². The molecule has 0 bridgehead atoms. The van der Waals surface area contributed by atoms with Crippen molar-refractivity contribution in [3.8, 4) is 0 Å². The van der Waals surface area contributed by atoms with E-state index >= 15 is 0 Å². The molecular formula is C23H20FN3O3S2. The number of thiazole rings is 1. The van der Waals surface area contributed by atoms with E-state index in [0.29, 0.717) is 24.5 Å². The first kappa shape index (κ1) is 21.0. The van der Waals surface area contributed by atoms with Crippen molar-refractivity contribution in [2.24, 2.45) is 5.92 Å². The highest BCUT2D eigenvalue weighted by atomic mass is 32.2. The minimum absolute atomic E-state index is 0.0259. The van der Waals surface area contributed by atoms with E-state index in [1.807, 2.05) is 36.4 Å². The van der Waals surface area contributed by atoms with Crippen LogP contribution in [0.4, 0.5) is 9.52 Å². The first-order chi connectivity index (χ1) is 15.4. The summed E-state index contributed by atoms with van der Waals surface area (Å²) in [5.41, 5.74) is 0.813. The van der Waals surface area contributed by atoms with Crippen molar-refractivity contribution in [1.29, 1.82) is 0 Å². The smallest absolute Gasteiger partial charge is 0.243 e. The van der Waals surface area contributed by atoms with E-state index in [9.17, 15) is 17.6 Å². The molecule has 0 radical (unpaired) electrons. The summed E-state index contributed by atoms with van der Waals surface area (Å²) >= 11 is 1.41. The Morgan fingerprint density at radius 3 is 2.69 bits per heavy atom. The number of anilines is 1. The maximum absolute atomic E-state index is 13.2. The third kappa shape index (κ3) is 3.87. The summed E-state index contributed by atoms with van der Waals surface area (Å²) in [6.07, 6.45) is 1.16. The Hall–Kier alpha value is -2.88. The van der Waals surface area contributed by atoms with Gasteiger partial charge in [0.2, 0.25) is 15.9 Å². The number of carbonyl (C=O) groups excluding carboxylic acids is 1. The summed E-state index contributed by atoms with van der Waals surface area (Å²) in [4.78, 5) is 17.5. The topological polar surface area (TPSA) is 79.4 Å². The van der Waals surface area contributed by atoms with Gasteiger partial charge in [-0.1, -0.05) is 41.7 Å². The molecule has 0 spiro atoms. The molecule has 1 fully saturated rings. The van der Waals surface area contributed by atoms with Gasteiger partial charge in [-0.15, -0.1) is 0 Å². The van der Waals surface area contributed by atoms with E-state index in [4.69, 9.17) is 0 Å². The zero-order valence-corrected chi connectivity index (χ0v) is 18.6. The number of nitrogens with zero attached hydrogens (tertiary/aromatic N) is 2. The number of rotatable bonds is 4. The molecule has 4 aromatic rings.